The molecule has 19 heavy (non-hydrogen) atoms. The fraction of sp³-hybridized carbons (Fsp3) is 0.154. The van der Waals surface area contributed by atoms with E-state index in [4.69, 9.17) is 0 Å². The van der Waals surface area contributed by atoms with E-state index in [1.165, 1.54) is 12.1 Å². The lowest BCUT2D eigenvalue weighted by molar-refractivity contribution is 0.102. The van der Waals surface area contributed by atoms with E-state index in [-0.39, 0.29) is 17.4 Å². The number of aromatic nitrogens is 2. The summed E-state index contributed by atoms with van der Waals surface area (Å²) in [5.41, 5.74) is 1.08. The molecule has 0 radical (unpaired) electrons. The molecule has 6 heteroatoms. The fourth-order valence-corrected chi connectivity index (χ4v) is 1.50. The van der Waals surface area contributed by atoms with E-state index >= 15 is 0 Å². The van der Waals surface area contributed by atoms with Gasteiger partial charge in [0, 0.05) is 18.4 Å². The zero-order valence-corrected chi connectivity index (χ0v) is 10.4. The summed E-state index contributed by atoms with van der Waals surface area (Å²) in [6.07, 6.45) is 2.59. The largest absolute Gasteiger partial charge is 0.385 e. The number of nitrogens with zero attached hydrogens (tertiary/aromatic N) is 2. The molecule has 0 saturated heterocycles. The molecule has 5 nitrogen and oxygen atoms in total. The monoisotopic (exact) mass is 260 g/mol. The Morgan fingerprint density at radius 3 is 2.84 bits per heavy atom. The van der Waals surface area contributed by atoms with Crippen LogP contribution in [0.3, 0.4) is 0 Å². The molecule has 0 aliphatic rings. The van der Waals surface area contributed by atoms with Crippen LogP contribution >= 0.6 is 0 Å². The van der Waals surface area contributed by atoms with E-state index in [1.807, 2.05) is 6.92 Å². The Kier molecular flexibility index (Phi) is 4.02. The van der Waals surface area contributed by atoms with Gasteiger partial charge in [0.2, 0.25) is 0 Å². The third kappa shape index (κ3) is 3.48. The molecule has 2 aromatic rings. The molecule has 0 unspecified atom stereocenters. The van der Waals surface area contributed by atoms with Crippen LogP contribution in [0.25, 0.3) is 0 Å². The molecule has 2 aromatic heterocycles. The Morgan fingerprint density at radius 1 is 1.32 bits per heavy atom. The van der Waals surface area contributed by atoms with E-state index in [9.17, 15) is 9.18 Å². The van der Waals surface area contributed by atoms with Gasteiger partial charge in [-0.2, -0.15) is 0 Å². The highest BCUT2D eigenvalue weighted by Gasteiger charge is 2.09. The highest BCUT2D eigenvalue weighted by molar-refractivity contribution is 6.02. The minimum Gasteiger partial charge on any atom is -0.385 e. The Morgan fingerprint density at radius 2 is 2.16 bits per heavy atom. The highest BCUT2D eigenvalue weighted by atomic mass is 19.1. The van der Waals surface area contributed by atoms with Gasteiger partial charge in [-0.25, -0.2) is 9.37 Å². The smallest absolute Gasteiger partial charge is 0.275 e. The number of carbonyl (C=O) groups is 1. The van der Waals surface area contributed by atoms with Crippen LogP contribution < -0.4 is 10.6 Å². The predicted octanol–water partition coefficient (Wildman–Crippen LogP) is 2.30. The van der Waals surface area contributed by atoms with Crippen LogP contribution in [0.15, 0.2) is 36.7 Å². The summed E-state index contributed by atoms with van der Waals surface area (Å²) in [6.45, 7) is 2.72. The number of rotatable bonds is 4. The number of halogens is 1. The fourth-order valence-electron chi connectivity index (χ4n) is 1.50. The predicted molar refractivity (Wildman–Crippen MR) is 70.5 cm³/mol. The number of carbonyl (C=O) groups excluding carboxylic acids is 1. The van der Waals surface area contributed by atoms with Crippen molar-refractivity contribution >= 4 is 17.4 Å². The summed E-state index contributed by atoms with van der Waals surface area (Å²) in [4.78, 5) is 19.7. The minimum atomic E-state index is -0.453. The van der Waals surface area contributed by atoms with Crippen LogP contribution in [-0.4, -0.2) is 22.4 Å². The number of amides is 1. The van der Waals surface area contributed by atoms with Gasteiger partial charge in [0.25, 0.3) is 5.91 Å². The molecule has 98 valence electrons. The maximum Gasteiger partial charge on any atom is 0.275 e. The van der Waals surface area contributed by atoms with Crippen LogP contribution in [0.1, 0.15) is 17.4 Å². The second kappa shape index (κ2) is 5.90. The topological polar surface area (TPSA) is 66.9 Å². The van der Waals surface area contributed by atoms with Crippen molar-refractivity contribution in [2.45, 2.75) is 6.92 Å². The van der Waals surface area contributed by atoms with Crippen molar-refractivity contribution in [1.82, 2.24) is 9.97 Å². The lowest BCUT2D eigenvalue weighted by atomic mass is 10.3. The first-order valence-electron chi connectivity index (χ1n) is 5.82. The van der Waals surface area contributed by atoms with E-state index in [0.29, 0.717) is 0 Å². The molecule has 0 aromatic carbocycles. The Balaban J connectivity index is 2.11. The molecule has 0 aliphatic carbocycles. The maximum atomic E-state index is 12.7. The van der Waals surface area contributed by atoms with E-state index in [0.717, 1.165) is 18.4 Å². The van der Waals surface area contributed by atoms with E-state index in [2.05, 4.69) is 20.6 Å². The summed E-state index contributed by atoms with van der Waals surface area (Å²) in [6, 6.07) is 6.03. The van der Waals surface area contributed by atoms with Crippen molar-refractivity contribution in [3.8, 4) is 0 Å². The molecule has 2 N–H and O–H groups in total. The molecule has 0 bridgehead atoms. The van der Waals surface area contributed by atoms with Crippen LogP contribution in [-0.2, 0) is 0 Å². The van der Waals surface area contributed by atoms with Gasteiger partial charge in [-0.05, 0) is 31.2 Å². The van der Waals surface area contributed by atoms with Crippen LogP contribution in [0.2, 0.25) is 0 Å². The molecule has 2 rings (SSSR count). The molecule has 0 atom stereocenters. The lowest BCUT2D eigenvalue weighted by Crippen LogP contribution is -2.15. The Bertz CT molecular complexity index is 571. The summed E-state index contributed by atoms with van der Waals surface area (Å²) in [5.74, 6) is -0.564. The average molecular weight is 260 g/mol. The van der Waals surface area contributed by atoms with Gasteiger partial charge in [-0.1, -0.05) is 0 Å². The normalized spacial score (nSPS) is 10.0. The van der Waals surface area contributed by atoms with Crippen molar-refractivity contribution in [2.24, 2.45) is 0 Å². The molecule has 0 aliphatic heterocycles. The van der Waals surface area contributed by atoms with E-state index in [1.54, 1.807) is 18.3 Å². The van der Waals surface area contributed by atoms with Crippen LogP contribution in [0.5, 0.6) is 0 Å². The van der Waals surface area contributed by atoms with Crippen molar-refractivity contribution in [1.29, 1.82) is 0 Å². The van der Waals surface area contributed by atoms with Gasteiger partial charge in [-0.15, -0.1) is 0 Å². The summed E-state index contributed by atoms with van der Waals surface area (Å²) >= 11 is 0. The maximum absolute atomic E-state index is 12.7. The molecular weight excluding hydrogens is 247 g/mol. The number of hydrogen-bond donors (Lipinski definition) is 2. The van der Waals surface area contributed by atoms with Gasteiger partial charge < -0.3 is 10.6 Å². The summed E-state index contributed by atoms with van der Waals surface area (Å²) in [5, 5.41) is 5.64. The van der Waals surface area contributed by atoms with Crippen molar-refractivity contribution in [3.63, 3.8) is 0 Å². The third-order valence-electron chi connectivity index (χ3n) is 2.34. The molecular formula is C13H13FN4O. The number of hydrogen-bond acceptors (Lipinski definition) is 4. The molecule has 1 amide bonds. The Labute approximate surface area is 109 Å². The number of nitrogens with one attached hydrogen (secondary N) is 2. The van der Waals surface area contributed by atoms with Crippen LogP contribution in [0.4, 0.5) is 15.9 Å². The van der Waals surface area contributed by atoms with E-state index < -0.39 is 5.82 Å². The Hall–Kier alpha value is -2.50. The molecule has 0 fully saturated rings. The second-order valence-corrected chi connectivity index (χ2v) is 3.78. The molecule has 2 heterocycles. The second-order valence-electron chi connectivity index (χ2n) is 3.78. The van der Waals surface area contributed by atoms with Gasteiger partial charge in [0.05, 0.1) is 6.20 Å². The van der Waals surface area contributed by atoms with Gasteiger partial charge in [0.15, 0.2) is 0 Å². The molecule has 0 spiro atoms. The van der Waals surface area contributed by atoms with Crippen molar-refractivity contribution in [3.05, 3.63) is 48.2 Å². The summed E-state index contributed by atoms with van der Waals surface area (Å²) < 4.78 is 12.7. The molecule has 0 saturated carbocycles. The van der Waals surface area contributed by atoms with Crippen molar-refractivity contribution in [2.75, 3.05) is 17.2 Å². The first kappa shape index (κ1) is 12.9. The van der Waals surface area contributed by atoms with Gasteiger partial charge >= 0.3 is 0 Å². The zero-order valence-electron chi connectivity index (χ0n) is 10.4. The summed E-state index contributed by atoms with van der Waals surface area (Å²) in [7, 11) is 0. The van der Waals surface area contributed by atoms with Crippen LogP contribution in [0, 0.1) is 5.82 Å². The first-order valence-corrected chi connectivity index (χ1v) is 5.82. The number of pyridine rings is 2. The van der Waals surface area contributed by atoms with Gasteiger partial charge in [0.1, 0.15) is 17.3 Å². The quantitative estimate of drug-likeness (QED) is 0.885. The zero-order chi connectivity index (χ0) is 13.7. The van der Waals surface area contributed by atoms with Crippen molar-refractivity contribution < 1.29 is 9.18 Å². The standard InChI is InChI=1S/C13H13FN4O/c1-2-15-10-5-6-16-11(7-10)13(19)18-12-4-3-9(14)8-17-12/h3-8H,2H2,1H3,(H,15,16)(H,17,18,19). The average Bonchev–Trinajstić information content (AvgIpc) is 2.42. The third-order valence-corrected chi connectivity index (χ3v) is 2.34. The highest BCUT2D eigenvalue weighted by Crippen LogP contribution is 2.10. The SMILES string of the molecule is CCNc1ccnc(C(=O)Nc2ccc(F)cn2)c1. The minimum absolute atomic E-state index is 0.268. The first-order chi connectivity index (χ1) is 9.19. The number of anilines is 2. The lowest BCUT2D eigenvalue weighted by Gasteiger charge is -2.06. The van der Waals surface area contributed by atoms with Gasteiger partial charge in [-0.3, -0.25) is 9.78 Å².